The van der Waals surface area contributed by atoms with E-state index in [2.05, 4.69) is 25.1 Å². The minimum Gasteiger partial charge on any atom is -0.466 e. The molecule has 0 amide bonds. The summed E-state index contributed by atoms with van der Waals surface area (Å²) in [6.07, 6.45) is 7.35. The van der Waals surface area contributed by atoms with Crippen LogP contribution in [0.3, 0.4) is 0 Å². The van der Waals surface area contributed by atoms with E-state index in [0.29, 0.717) is 25.5 Å². The predicted molar refractivity (Wildman–Crippen MR) is 127 cm³/mol. The van der Waals surface area contributed by atoms with Gasteiger partial charge in [0.15, 0.2) is 0 Å². The van der Waals surface area contributed by atoms with E-state index in [9.17, 15) is 18.0 Å². The highest BCUT2D eigenvalue weighted by Gasteiger charge is 2.57. The summed E-state index contributed by atoms with van der Waals surface area (Å²) >= 11 is 0. The molecule has 0 heterocycles. The number of hydrogen-bond donors (Lipinski definition) is 1. The molecule has 2 unspecified atom stereocenters. The summed E-state index contributed by atoms with van der Waals surface area (Å²) in [5.74, 6) is 0.255. The lowest BCUT2D eigenvalue weighted by molar-refractivity contribution is -0.161. The first-order valence-corrected chi connectivity index (χ1v) is 14.1. The number of fused-ring (bicyclic) bond motifs is 1. The zero-order valence-corrected chi connectivity index (χ0v) is 21.6. The zero-order chi connectivity index (χ0) is 24.6. The molecule has 33 heavy (non-hydrogen) atoms. The van der Waals surface area contributed by atoms with Gasteiger partial charge in [-0.1, -0.05) is 26.0 Å². The first-order valence-electron chi connectivity index (χ1n) is 12.2. The number of allylic oxidation sites excluding steroid dienone is 1. The molecule has 3 rings (SSSR count). The van der Waals surface area contributed by atoms with Gasteiger partial charge in [0.05, 0.1) is 12.9 Å². The fourth-order valence-corrected chi connectivity index (χ4v) is 7.73. The Morgan fingerprint density at radius 1 is 1.09 bits per heavy atom. The summed E-state index contributed by atoms with van der Waals surface area (Å²) < 4.78 is 37.9. The van der Waals surface area contributed by atoms with E-state index in [-0.39, 0.29) is 46.6 Å². The van der Waals surface area contributed by atoms with Gasteiger partial charge in [0.1, 0.15) is 6.10 Å². The van der Waals surface area contributed by atoms with Crippen LogP contribution in [0.1, 0.15) is 72.6 Å². The number of carbonyl (C=O) groups is 2. The lowest BCUT2D eigenvalue weighted by Gasteiger charge is -2.56. The van der Waals surface area contributed by atoms with E-state index in [1.807, 2.05) is 0 Å². The molecular formula is C25H41NO6S. The lowest BCUT2D eigenvalue weighted by atomic mass is 9.49. The third kappa shape index (κ3) is 5.64. The molecule has 0 spiro atoms. The highest BCUT2D eigenvalue weighted by Crippen LogP contribution is 2.63. The molecule has 0 saturated heterocycles. The van der Waals surface area contributed by atoms with Crippen LogP contribution < -0.4 is 4.72 Å². The first kappa shape index (κ1) is 26.2. The molecule has 0 aliphatic heterocycles. The highest BCUT2D eigenvalue weighted by molar-refractivity contribution is 7.88. The SMILES string of the molecule is C=C1CCC2[C@H](CNS(C)(=O)=O)C([C@@]3(C)CC[C@H](OC(C)=O)C[C@@H]3COC(C)=O)CC[C@]12C. The molecule has 0 bridgehead atoms. The molecule has 188 valence electrons. The second kappa shape index (κ2) is 9.68. The van der Waals surface area contributed by atoms with Crippen molar-refractivity contribution >= 4 is 22.0 Å². The zero-order valence-electron chi connectivity index (χ0n) is 20.8. The molecular weight excluding hydrogens is 442 g/mol. The van der Waals surface area contributed by atoms with Gasteiger partial charge in [-0.25, -0.2) is 13.1 Å². The first-order chi connectivity index (χ1) is 15.3. The van der Waals surface area contributed by atoms with Crippen molar-refractivity contribution in [3.8, 4) is 0 Å². The number of hydrogen-bond acceptors (Lipinski definition) is 6. The van der Waals surface area contributed by atoms with Crippen molar-refractivity contribution < 1.29 is 27.5 Å². The van der Waals surface area contributed by atoms with E-state index in [0.717, 1.165) is 38.5 Å². The standard InChI is InChI=1S/C25H41NO6S/c1-16-7-8-22-21(14-26-33(6,29)30)23(10-12-24(16,22)4)25(5)11-9-20(32-18(3)28)13-19(25)15-31-17(2)27/h19-23,26H,1,7-15H2,2-6H3/t19-,20+,21+,22?,23?,24-,25+/m1/s1. The highest BCUT2D eigenvalue weighted by atomic mass is 32.2. The van der Waals surface area contributed by atoms with Crippen molar-refractivity contribution in [2.24, 2.45) is 34.5 Å². The summed E-state index contributed by atoms with van der Waals surface area (Å²) in [4.78, 5) is 23.2. The lowest BCUT2D eigenvalue weighted by Crippen LogP contribution is -2.54. The molecule has 3 fully saturated rings. The smallest absolute Gasteiger partial charge is 0.302 e. The largest absolute Gasteiger partial charge is 0.466 e. The molecule has 0 aromatic rings. The number of rotatable bonds is 7. The molecule has 0 radical (unpaired) electrons. The Kier molecular flexibility index (Phi) is 7.69. The molecule has 0 aromatic heterocycles. The van der Waals surface area contributed by atoms with Crippen LogP contribution in [-0.4, -0.2) is 45.9 Å². The predicted octanol–water partition coefficient (Wildman–Crippen LogP) is 3.84. The van der Waals surface area contributed by atoms with Gasteiger partial charge in [0.2, 0.25) is 10.0 Å². The summed E-state index contributed by atoms with van der Waals surface area (Å²) in [6, 6.07) is 0. The summed E-state index contributed by atoms with van der Waals surface area (Å²) in [6.45, 7) is 12.5. The van der Waals surface area contributed by atoms with Crippen molar-refractivity contribution in [3.05, 3.63) is 12.2 Å². The molecule has 3 aliphatic carbocycles. The Balaban J connectivity index is 1.93. The normalized spacial score (nSPS) is 39.1. The van der Waals surface area contributed by atoms with Crippen LogP contribution in [0.25, 0.3) is 0 Å². The van der Waals surface area contributed by atoms with Gasteiger partial charge >= 0.3 is 11.9 Å². The maximum absolute atomic E-state index is 12.0. The van der Waals surface area contributed by atoms with E-state index < -0.39 is 10.0 Å². The van der Waals surface area contributed by atoms with Crippen LogP contribution in [0.15, 0.2) is 12.2 Å². The molecule has 7 atom stereocenters. The molecule has 3 saturated carbocycles. The average Bonchev–Trinajstić information content (AvgIpc) is 3.00. The van der Waals surface area contributed by atoms with Crippen molar-refractivity contribution in [3.63, 3.8) is 0 Å². The second-order valence-corrected chi connectivity index (χ2v) is 12.9. The number of nitrogens with one attached hydrogen (secondary N) is 1. The number of esters is 2. The summed E-state index contributed by atoms with van der Waals surface area (Å²) in [5.41, 5.74) is 1.17. The van der Waals surface area contributed by atoms with Crippen LogP contribution in [0, 0.1) is 34.5 Å². The molecule has 3 aliphatic rings. The van der Waals surface area contributed by atoms with Crippen LogP contribution >= 0.6 is 0 Å². The minimum atomic E-state index is -3.32. The number of carbonyl (C=O) groups excluding carboxylic acids is 2. The van der Waals surface area contributed by atoms with Gasteiger partial charge in [-0.2, -0.15) is 0 Å². The van der Waals surface area contributed by atoms with Crippen molar-refractivity contribution in [2.45, 2.75) is 78.7 Å². The maximum Gasteiger partial charge on any atom is 0.302 e. The average molecular weight is 484 g/mol. The monoisotopic (exact) mass is 483 g/mol. The molecule has 7 nitrogen and oxygen atoms in total. The van der Waals surface area contributed by atoms with Crippen LogP contribution in [0.5, 0.6) is 0 Å². The number of ether oxygens (including phenoxy) is 2. The van der Waals surface area contributed by atoms with Gasteiger partial charge in [-0.15, -0.1) is 0 Å². The number of sulfonamides is 1. The van der Waals surface area contributed by atoms with Gasteiger partial charge < -0.3 is 9.47 Å². The van der Waals surface area contributed by atoms with Crippen molar-refractivity contribution in [1.29, 1.82) is 0 Å². The Morgan fingerprint density at radius 2 is 1.79 bits per heavy atom. The quantitative estimate of drug-likeness (QED) is 0.436. The van der Waals surface area contributed by atoms with E-state index in [4.69, 9.17) is 9.47 Å². The Hall–Kier alpha value is -1.41. The third-order valence-electron chi connectivity index (χ3n) is 9.13. The van der Waals surface area contributed by atoms with Crippen molar-refractivity contribution in [1.82, 2.24) is 4.72 Å². The van der Waals surface area contributed by atoms with E-state index in [1.165, 1.54) is 25.7 Å². The van der Waals surface area contributed by atoms with Gasteiger partial charge in [0, 0.05) is 26.3 Å². The van der Waals surface area contributed by atoms with E-state index >= 15 is 0 Å². The Morgan fingerprint density at radius 3 is 2.39 bits per heavy atom. The minimum absolute atomic E-state index is 0.0387. The fourth-order valence-electron chi connectivity index (χ4n) is 7.23. The van der Waals surface area contributed by atoms with Gasteiger partial charge in [0.25, 0.3) is 0 Å². The maximum atomic E-state index is 12.0. The fraction of sp³-hybridized carbons (Fsp3) is 0.840. The second-order valence-electron chi connectivity index (χ2n) is 11.1. The van der Waals surface area contributed by atoms with Crippen LogP contribution in [0.4, 0.5) is 0 Å². The van der Waals surface area contributed by atoms with Gasteiger partial charge in [-0.05, 0) is 73.5 Å². The molecule has 1 N–H and O–H groups in total. The van der Waals surface area contributed by atoms with Crippen molar-refractivity contribution in [2.75, 3.05) is 19.4 Å². The van der Waals surface area contributed by atoms with Gasteiger partial charge in [-0.3, -0.25) is 9.59 Å². The molecule has 0 aromatic carbocycles. The summed E-state index contributed by atoms with van der Waals surface area (Å²) in [7, 11) is -3.32. The summed E-state index contributed by atoms with van der Waals surface area (Å²) in [5, 5.41) is 0. The van der Waals surface area contributed by atoms with Crippen LogP contribution in [-0.2, 0) is 29.1 Å². The third-order valence-corrected chi connectivity index (χ3v) is 9.82. The topological polar surface area (TPSA) is 98.8 Å². The Labute approximate surface area is 199 Å². The molecule has 8 heteroatoms. The van der Waals surface area contributed by atoms with Crippen LogP contribution in [0.2, 0.25) is 0 Å². The van der Waals surface area contributed by atoms with E-state index in [1.54, 1.807) is 0 Å². The Bertz CT molecular complexity index is 885.